The molecular formula is C16H13Cl2NO3. The average Bonchev–Trinajstić information content (AvgIpc) is 2.49. The molecule has 0 fully saturated rings. The summed E-state index contributed by atoms with van der Waals surface area (Å²) in [6.45, 7) is 1.48. The summed E-state index contributed by atoms with van der Waals surface area (Å²) in [5.74, 6) is -1.09. The minimum atomic E-state index is -0.970. The van der Waals surface area contributed by atoms with Crippen molar-refractivity contribution in [3.8, 4) is 0 Å². The Labute approximate surface area is 138 Å². The van der Waals surface area contributed by atoms with Crippen LogP contribution in [0.1, 0.15) is 17.3 Å². The molecule has 6 heteroatoms. The van der Waals surface area contributed by atoms with Crippen molar-refractivity contribution in [1.29, 1.82) is 0 Å². The Balaban J connectivity index is 1.99. The van der Waals surface area contributed by atoms with E-state index in [0.717, 1.165) is 0 Å². The second kappa shape index (κ2) is 7.29. The number of carbonyl (C=O) groups is 2. The summed E-state index contributed by atoms with van der Waals surface area (Å²) in [7, 11) is 0. The third-order valence-corrected chi connectivity index (χ3v) is 3.41. The highest BCUT2D eigenvalue weighted by Gasteiger charge is 2.19. The van der Waals surface area contributed by atoms with Crippen LogP contribution in [0.2, 0.25) is 10.0 Å². The van der Waals surface area contributed by atoms with Crippen LogP contribution in [0.15, 0.2) is 48.5 Å². The number of para-hydroxylation sites is 1. The molecule has 0 unspecified atom stereocenters. The molecule has 2 aromatic rings. The molecule has 0 bridgehead atoms. The number of halogens is 2. The van der Waals surface area contributed by atoms with Gasteiger partial charge >= 0.3 is 5.97 Å². The molecule has 0 radical (unpaired) electrons. The predicted molar refractivity (Wildman–Crippen MR) is 86.4 cm³/mol. The van der Waals surface area contributed by atoms with E-state index < -0.39 is 18.0 Å². The molecule has 114 valence electrons. The van der Waals surface area contributed by atoms with Crippen LogP contribution < -0.4 is 5.32 Å². The van der Waals surface area contributed by atoms with E-state index in [1.165, 1.54) is 13.0 Å². The number of amides is 1. The minimum absolute atomic E-state index is 0.282. The number of carbonyl (C=O) groups excluding carboxylic acids is 2. The van der Waals surface area contributed by atoms with Crippen molar-refractivity contribution in [2.75, 3.05) is 5.32 Å². The molecule has 1 atom stereocenters. The molecule has 2 rings (SSSR count). The third kappa shape index (κ3) is 4.23. The van der Waals surface area contributed by atoms with E-state index in [2.05, 4.69) is 5.32 Å². The van der Waals surface area contributed by atoms with Crippen LogP contribution in [0.5, 0.6) is 0 Å². The molecule has 4 nitrogen and oxygen atoms in total. The van der Waals surface area contributed by atoms with Crippen LogP contribution in [0.4, 0.5) is 5.69 Å². The zero-order valence-electron chi connectivity index (χ0n) is 11.7. The van der Waals surface area contributed by atoms with Gasteiger partial charge < -0.3 is 10.1 Å². The first-order valence-corrected chi connectivity index (χ1v) is 7.25. The number of nitrogens with one attached hydrogen (secondary N) is 1. The first-order chi connectivity index (χ1) is 10.5. The number of benzene rings is 2. The summed E-state index contributed by atoms with van der Waals surface area (Å²) in [5.41, 5.74) is 0.740. The first-order valence-electron chi connectivity index (χ1n) is 6.49. The van der Waals surface area contributed by atoms with Gasteiger partial charge in [0.05, 0.1) is 16.3 Å². The Hall–Kier alpha value is -2.04. The van der Waals surface area contributed by atoms with Gasteiger partial charge in [-0.3, -0.25) is 4.79 Å². The van der Waals surface area contributed by atoms with Crippen LogP contribution in [0, 0.1) is 0 Å². The summed E-state index contributed by atoms with van der Waals surface area (Å²) in [4.78, 5) is 24.0. The Bertz CT molecular complexity index is 703. The van der Waals surface area contributed by atoms with Gasteiger partial charge in [-0.2, -0.15) is 0 Å². The fourth-order valence-corrected chi connectivity index (χ4v) is 2.07. The SMILES string of the molecule is C[C@@H](OC(=O)c1cccc(Cl)c1)C(=O)Nc1ccccc1Cl. The fourth-order valence-electron chi connectivity index (χ4n) is 1.69. The highest BCUT2D eigenvalue weighted by atomic mass is 35.5. The largest absolute Gasteiger partial charge is 0.449 e. The van der Waals surface area contributed by atoms with Crippen LogP contribution >= 0.6 is 23.2 Å². The lowest BCUT2D eigenvalue weighted by Gasteiger charge is -2.14. The van der Waals surface area contributed by atoms with E-state index in [0.29, 0.717) is 15.7 Å². The average molecular weight is 338 g/mol. The maximum Gasteiger partial charge on any atom is 0.338 e. The van der Waals surface area contributed by atoms with E-state index >= 15 is 0 Å². The van der Waals surface area contributed by atoms with E-state index in [4.69, 9.17) is 27.9 Å². The molecule has 22 heavy (non-hydrogen) atoms. The summed E-state index contributed by atoms with van der Waals surface area (Å²) in [5, 5.41) is 3.43. The summed E-state index contributed by atoms with van der Waals surface area (Å²) < 4.78 is 5.11. The Morgan fingerprint density at radius 3 is 2.50 bits per heavy atom. The van der Waals surface area contributed by atoms with Crippen molar-refractivity contribution in [3.05, 3.63) is 64.1 Å². The molecular weight excluding hydrogens is 325 g/mol. The number of ether oxygens (including phenoxy) is 1. The molecule has 0 aliphatic carbocycles. The molecule has 0 aromatic heterocycles. The lowest BCUT2D eigenvalue weighted by molar-refractivity contribution is -0.123. The van der Waals surface area contributed by atoms with Gasteiger partial charge in [-0.25, -0.2) is 4.79 Å². The molecule has 0 saturated carbocycles. The Morgan fingerprint density at radius 1 is 1.09 bits per heavy atom. The molecule has 1 N–H and O–H groups in total. The van der Waals surface area contributed by atoms with Crippen molar-refractivity contribution in [3.63, 3.8) is 0 Å². The van der Waals surface area contributed by atoms with Crippen molar-refractivity contribution < 1.29 is 14.3 Å². The number of rotatable bonds is 4. The van der Waals surface area contributed by atoms with Crippen molar-refractivity contribution in [2.45, 2.75) is 13.0 Å². The standard InChI is InChI=1S/C16H13Cl2NO3/c1-10(15(20)19-14-8-3-2-7-13(14)18)22-16(21)11-5-4-6-12(17)9-11/h2-10H,1H3,(H,19,20)/t10-/m1/s1. The maximum absolute atomic E-state index is 12.0. The summed E-state index contributed by atoms with van der Waals surface area (Å²) in [6.07, 6.45) is -0.970. The van der Waals surface area contributed by atoms with Gasteiger partial charge in [-0.15, -0.1) is 0 Å². The van der Waals surface area contributed by atoms with Gasteiger partial charge in [0, 0.05) is 5.02 Å². The normalized spacial score (nSPS) is 11.6. The third-order valence-electron chi connectivity index (χ3n) is 2.85. The van der Waals surface area contributed by atoms with Crippen molar-refractivity contribution >= 4 is 40.8 Å². The first kappa shape index (κ1) is 16.3. The monoisotopic (exact) mass is 337 g/mol. The zero-order valence-corrected chi connectivity index (χ0v) is 13.2. The number of esters is 1. The molecule has 2 aromatic carbocycles. The topological polar surface area (TPSA) is 55.4 Å². The quantitative estimate of drug-likeness (QED) is 0.851. The molecule has 0 heterocycles. The van der Waals surface area contributed by atoms with Crippen LogP contribution in [-0.2, 0) is 9.53 Å². The molecule has 0 spiro atoms. The van der Waals surface area contributed by atoms with Gasteiger partial charge in [0.2, 0.25) is 0 Å². The van der Waals surface area contributed by atoms with E-state index in [1.54, 1.807) is 42.5 Å². The van der Waals surface area contributed by atoms with Crippen molar-refractivity contribution in [1.82, 2.24) is 0 Å². The molecule has 0 aliphatic heterocycles. The van der Waals surface area contributed by atoms with Gasteiger partial charge in [0.15, 0.2) is 6.10 Å². The Morgan fingerprint density at radius 2 is 1.82 bits per heavy atom. The molecule has 0 aliphatic rings. The van der Waals surface area contributed by atoms with Crippen LogP contribution in [0.25, 0.3) is 0 Å². The predicted octanol–water partition coefficient (Wildman–Crippen LogP) is 4.18. The van der Waals surface area contributed by atoms with Crippen LogP contribution in [-0.4, -0.2) is 18.0 Å². The molecule has 0 saturated heterocycles. The number of anilines is 1. The van der Waals surface area contributed by atoms with Gasteiger partial charge in [-0.05, 0) is 37.3 Å². The second-order valence-corrected chi connectivity index (χ2v) is 5.37. The lowest BCUT2D eigenvalue weighted by Crippen LogP contribution is -2.30. The second-order valence-electron chi connectivity index (χ2n) is 4.53. The fraction of sp³-hybridized carbons (Fsp3) is 0.125. The summed E-state index contributed by atoms with van der Waals surface area (Å²) >= 11 is 11.8. The minimum Gasteiger partial charge on any atom is -0.449 e. The number of hydrogen-bond donors (Lipinski definition) is 1. The molecule has 1 amide bonds. The van der Waals surface area contributed by atoms with Gasteiger partial charge in [-0.1, -0.05) is 41.4 Å². The highest BCUT2D eigenvalue weighted by molar-refractivity contribution is 6.33. The van der Waals surface area contributed by atoms with Crippen LogP contribution in [0.3, 0.4) is 0 Å². The smallest absolute Gasteiger partial charge is 0.338 e. The Kier molecular flexibility index (Phi) is 5.41. The maximum atomic E-state index is 12.0. The lowest BCUT2D eigenvalue weighted by atomic mass is 10.2. The van der Waals surface area contributed by atoms with Gasteiger partial charge in [0.25, 0.3) is 5.91 Å². The van der Waals surface area contributed by atoms with Crippen molar-refractivity contribution in [2.24, 2.45) is 0 Å². The van der Waals surface area contributed by atoms with E-state index in [9.17, 15) is 9.59 Å². The highest BCUT2D eigenvalue weighted by Crippen LogP contribution is 2.21. The van der Waals surface area contributed by atoms with E-state index in [-0.39, 0.29) is 5.56 Å². The zero-order chi connectivity index (χ0) is 16.1. The van der Waals surface area contributed by atoms with Gasteiger partial charge in [0.1, 0.15) is 0 Å². The number of hydrogen-bond acceptors (Lipinski definition) is 3. The summed E-state index contributed by atoms with van der Waals surface area (Å²) in [6, 6.07) is 13.1. The van der Waals surface area contributed by atoms with E-state index in [1.807, 2.05) is 0 Å².